The standard InChI is InChI=1S/C9H11ClO2S/c1-5(2)8(9(11)12)7-3-6(10)4-13-7/h3-5,8H,1-2H3,(H,11,12). The Morgan fingerprint density at radius 2 is 2.23 bits per heavy atom. The Morgan fingerprint density at radius 1 is 1.62 bits per heavy atom. The van der Waals surface area contributed by atoms with Crippen LogP contribution in [0.3, 0.4) is 0 Å². The molecule has 13 heavy (non-hydrogen) atoms. The molecule has 0 aliphatic rings. The predicted octanol–water partition coefficient (Wildman–Crippen LogP) is 3.23. The number of thiophene rings is 1. The van der Waals surface area contributed by atoms with Crippen LogP contribution in [0.1, 0.15) is 24.6 Å². The van der Waals surface area contributed by atoms with Crippen LogP contribution in [0, 0.1) is 5.92 Å². The van der Waals surface area contributed by atoms with Crippen LogP contribution in [0.15, 0.2) is 11.4 Å². The molecular formula is C9H11ClO2S. The van der Waals surface area contributed by atoms with Crippen molar-refractivity contribution in [2.75, 3.05) is 0 Å². The topological polar surface area (TPSA) is 37.3 Å². The number of carbonyl (C=O) groups is 1. The van der Waals surface area contributed by atoms with Gasteiger partial charge < -0.3 is 5.11 Å². The summed E-state index contributed by atoms with van der Waals surface area (Å²) in [5.41, 5.74) is 0. The summed E-state index contributed by atoms with van der Waals surface area (Å²) in [5, 5.41) is 11.3. The fourth-order valence-corrected chi connectivity index (χ4v) is 2.57. The predicted molar refractivity (Wildman–Crippen MR) is 54.5 cm³/mol. The van der Waals surface area contributed by atoms with E-state index in [1.807, 2.05) is 13.8 Å². The van der Waals surface area contributed by atoms with Gasteiger partial charge in [0.2, 0.25) is 0 Å². The zero-order chi connectivity index (χ0) is 10.0. The van der Waals surface area contributed by atoms with Crippen LogP contribution >= 0.6 is 22.9 Å². The van der Waals surface area contributed by atoms with Crippen LogP contribution in [0.25, 0.3) is 0 Å². The lowest BCUT2D eigenvalue weighted by Crippen LogP contribution is -2.16. The average molecular weight is 219 g/mol. The van der Waals surface area contributed by atoms with Crippen molar-refractivity contribution >= 4 is 28.9 Å². The highest BCUT2D eigenvalue weighted by atomic mass is 35.5. The lowest BCUT2D eigenvalue weighted by Gasteiger charge is -2.13. The van der Waals surface area contributed by atoms with Gasteiger partial charge in [0, 0.05) is 10.3 Å². The molecule has 0 radical (unpaired) electrons. The van der Waals surface area contributed by atoms with Gasteiger partial charge in [0.15, 0.2) is 0 Å². The van der Waals surface area contributed by atoms with Crippen molar-refractivity contribution in [3.8, 4) is 0 Å². The van der Waals surface area contributed by atoms with Crippen LogP contribution in [-0.4, -0.2) is 11.1 Å². The Labute approximate surface area is 86.2 Å². The van der Waals surface area contributed by atoms with Crippen molar-refractivity contribution < 1.29 is 9.90 Å². The number of aliphatic carboxylic acids is 1. The van der Waals surface area contributed by atoms with E-state index in [-0.39, 0.29) is 5.92 Å². The summed E-state index contributed by atoms with van der Waals surface area (Å²) >= 11 is 7.13. The molecule has 0 spiro atoms. The summed E-state index contributed by atoms with van der Waals surface area (Å²) in [7, 11) is 0. The quantitative estimate of drug-likeness (QED) is 0.846. The van der Waals surface area contributed by atoms with E-state index in [9.17, 15) is 4.79 Å². The van der Waals surface area contributed by atoms with Crippen molar-refractivity contribution in [1.82, 2.24) is 0 Å². The van der Waals surface area contributed by atoms with E-state index < -0.39 is 11.9 Å². The smallest absolute Gasteiger partial charge is 0.312 e. The third-order valence-corrected chi connectivity index (χ3v) is 3.19. The molecule has 1 atom stereocenters. The molecule has 1 aromatic rings. The molecule has 1 unspecified atom stereocenters. The molecule has 72 valence electrons. The zero-order valence-corrected chi connectivity index (χ0v) is 9.02. The number of hydrogen-bond donors (Lipinski definition) is 1. The number of halogens is 1. The van der Waals surface area contributed by atoms with Gasteiger partial charge in [-0.25, -0.2) is 0 Å². The van der Waals surface area contributed by atoms with Crippen LogP contribution in [0.5, 0.6) is 0 Å². The van der Waals surface area contributed by atoms with E-state index in [1.54, 1.807) is 11.4 Å². The minimum Gasteiger partial charge on any atom is -0.481 e. The second kappa shape index (κ2) is 4.11. The highest BCUT2D eigenvalue weighted by Gasteiger charge is 2.24. The lowest BCUT2D eigenvalue weighted by atomic mass is 9.94. The Balaban J connectivity index is 2.95. The first-order chi connectivity index (χ1) is 6.02. The SMILES string of the molecule is CC(C)C(C(=O)O)c1cc(Cl)cs1. The van der Waals surface area contributed by atoms with Gasteiger partial charge in [-0.2, -0.15) is 0 Å². The molecule has 1 rings (SSSR count). The minimum absolute atomic E-state index is 0.0900. The first kappa shape index (κ1) is 10.5. The van der Waals surface area contributed by atoms with Gasteiger partial charge in [-0.15, -0.1) is 11.3 Å². The van der Waals surface area contributed by atoms with Gasteiger partial charge in [0.1, 0.15) is 0 Å². The molecule has 2 nitrogen and oxygen atoms in total. The summed E-state index contributed by atoms with van der Waals surface area (Å²) in [6, 6.07) is 1.73. The molecule has 0 aliphatic heterocycles. The molecule has 0 amide bonds. The molecule has 1 N–H and O–H groups in total. The van der Waals surface area contributed by atoms with Crippen LogP contribution < -0.4 is 0 Å². The highest BCUT2D eigenvalue weighted by Crippen LogP contribution is 2.31. The second-order valence-electron chi connectivity index (χ2n) is 3.23. The van der Waals surface area contributed by atoms with Gasteiger partial charge in [-0.3, -0.25) is 4.79 Å². The Morgan fingerprint density at radius 3 is 2.54 bits per heavy atom. The fraction of sp³-hybridized carbons (Fsp3) is 0.444. The molecule has 0 fully saturated rings. The largest absolute Gasteiger partial charge is 0.481 e. The second-order valence-corrected chi connectivity index (χ2v) is 4.61. The van der Waals surface area contributed by atoms with E-state index in [0.29, 0.717) is 5.02 Å². The molecule has 0 aliphatic carbocycles. The maximum atomic E-state index is 10.9. The summed E-state index contributed by atoms with van der Waals surface area (Å²) in [6.45, 7) is 3.79. The number of carboxylic acids is 1. The molecule has 1 aromatic heterocycles. The van der Waals surface area contributed by atoms with Crippen molar-refractivity contribution in [2.24, 2.45) is 5.92 Å². The van der Waals surface area contributed by atoms with E-state index in [0.717, 1.165) is 4.88 Å². The summed E-state index contributed by atoms with van der Waals surface area (Å²) in [6.07, 6.45) is 0. The molecule has 4 heteroatoms. The van der Waals surface area contributed by atoms with E-state index in [4.69, 9.17) is 16.7 Å². The molecule has 0 saturated carbocycles. The third-order valence-electron chi connectivity index (χ3n) is 1.83. The highest BCUT2D eigenvalue weighted by molar-refractivity contribution is 7.10. The molecule has 0 bridgehead atoms. The van der Waals surface area contributed by atoms with Gasteiger partial charge in [-0.05, 0) is 12.0 Å². The van der Waals surface area contributed by atoms with Gasteiger partial charge >= 0.3 is 5.97 Å². The lowest BCUT2D eigenvalue weighted by molar-refractivity contribution is -0.139. The van der Waals surface area contributed by atoms with Crippen molar-refractivity contribution in [1.29, 1.82) is 0 Å². The first-order valence-corrected chi connectivity index (χ1v) is 5.25. The van der Waals surface area contributed by atoms with Gasteiger partial charge in [0.05, 0.1) is 10.9 Å². The molecule has 0 aromatic carbocycles. The van der Waals surface area contributed by atoms with Crippen LogP contribution in [-0.2, 0) is 4.79 Å². The van der Waals surface area contributed by atoms with E-state index in [1.165, 1.54) is 11.3 Å². The average Bonchev–Trinajstić information content (AvgIpc) is 2.34. The Kier molecular flexibility index (Phi) is 3.33. The summed E-state index contributed by atoms with van der Waals surface area (Å²) in [4.78, 5) is 11.7. The normalized spacial score (nSPS) is 13.2. The molecular weight excluding hydrogens is 208 g/mol. The van der Waals surface area contributed by atoms with Crippen molar-refractivity contribution in [2.45, 2.75) is 19.8 Å². The minimum atomic E-state index is -0.784. The van der Waals surface area contributed by atoms with Crippen LogP contribution in [0.4, 0.5) is 0 Å². The number of carboxylic acid groups (broad SMARTS) is 1. The maximum absolute atomic E-state index is 10.9. The first-order valence-electron chi connectivity index (χ1n) is 3.99. The van der Waals surface area contributed by atoms with E-state index >= 15 is 0 Å². The maximum Gasteiger partial charge on any atom is 0.312 e. The van der Waals surface area contributed by atoms with Gasteiger partial charge in [0.25, 0.3) is 0 Å². The Bertz CT molecular complexity index is 306. The summed E-state index contributed by atoms with van der Waals surface area (Å²) in [5.74, 6) is -1.13. The fourth-order valence-electron chi connectivity index (χ4n) is 1.23. The van der Waals surface area contributed by atoms with Crippen molar-refractivity contribution in [3.05, 3.63) is 21.3 Å². The Hall–Kier alpha value is -0.540. The van der Waals surface area contributed by atoms with Crippen LogP contribution in [0.2, 0.25) is 5.02 Å². The van der Waals surface area contributed by atoms with Crippen molar-refractivity contribution in [3.63, 3.8) is 0 Å². The van der Waals surface area contributed by atoms with E-state index in [2.05, 4.69) is 0 Å². The third kappa shape index (κ3) is 2.45. The van der Waals surface area contributed by atoms with Gasteiger partial charge in [-0.1, -0.05) is 25.4 Å². The number of rotatable bonds is 3. The zero-order valence-electron chi connectivity index (χ0n) is 7.45. The molecule has 0 saturated heterocycles. The number of hydrogen-bond acceptors (Lipinski definition) is 2. The summed E-state index contributed by atoms with van der Waals surface area (Å²) < 4.78 is 0. The molecule has 1 heterocycles. The monoisotopic (exact) mass is 218 g/mol.